The summed E-state index contributed by atoms with van der Waals surface area (Å²) in [4.78, 5) is 15.6. The SMILES string of the molecule is CSc1cccc(NC(=O)c2scnc2C(F)(F)F)c1. The highest BCUT2D eigenvalue weighted by atomic mass is 32.2. The molecule has 1 aromatic heterocycles. The van der Waals surface area contributed by atoms with Crippen LogP contribution in [0.15, 0.2) is 34.7 Å². The Morgan fingerprint density at radius 3 is 2.80 bits per heavy atom. The third kappa shape index (κ3) is 3.31. The smallest absolute Gasteiger partial charge is 0.321 e. The third-order valence-corrected chi connectivity index (χ3v) is 3.92. The van der Waals surface area contributed by atoms with Crippen LogP contribution in [0.2, 0.25) is 0 Å². The number of nitrogens with one attached hydrogen (secondary N) is 1. The molecule has 1 heterocycles. The molecule has 1 N–H and O–H groups in total. The van der Waals surface area contributed by atoms with Crippen LogP contribution in [-0.4, -0.2) is 17.1 Å². The van der Waals surface area contributed by atoms with Gasteiger partial charge in [0.05, 0.1) is 5.51 Å². The number of amides is 1. The van der Waals surface area contributed by atoms with Crippen molar-refractivity contribution in [2.45, 2.75) is 11.1 Å². The summed E-state index contributed by atoms with van der Waals surface area (Å²) in [7, 11) is 0. The highest BCUT2D eigenvalue weighted by Gasteiger charge is 2.38. The van der Waals surface area contributed by atoms with Crippen molar-refractivity contribution < 1.29 is 18.0 Å². The largest absolute Gasteiger partial charge is 0.434 e. The molecule has 0 spiro atoms. The first-order valence-electron chi connectivity index (χ1n) is 5.38. The van der Waals surface area contributed by atoms with Crippen LogP contribution in [-0.2, 0) is 6.18 Å². The van der Waals surface area contributed by atoms with Crippen molar-refractivity contribution in [3.8, 4) is 0 Å². The standard InChI is InChI=1S/C12H9F3N2OS2/c1-19-8-4-2-3-7(5-8)17-11(18)9-10(12(13,14)15)16-6-20-9/h2-6H,1H3,(H,17,18). The molecule has 0 aliphatic heterocycles. The Kier molecular flexibility index (Phi) is 4.34. The first-order valence-corrected chi connectivity index (χ1v) is 7.48. The Labute approximate surface area is 121 Å². The molecule has 2 aromatic rings. The van der Waals surface area contributed by atoms with Gasteiger partial charge in [-0.3, -0.25) is 4.79 Å². The molecule has 2 rings (SSSR count). The number of aromatic nitrogens is 1. The summed E-state index contributed by atoms with van der Waals surface area (Å²) in [6.45, 7) is 0. The van der Waals surface area contributed by atoms with Gasteiger partial charge in [-0.2, -0.15) is 13.2 Å². The van der Waals surface area contributed by atoms with E-state index >= 15 is 0 Å². The van der Waals surface area contributed by atoms with E-state index in [4.69, 9.17) is 0 Å². The van der Waals surface area contributed by atoms with E-state index in [-0.39, 0.29) is 0 Å². The highest BCUT2D eigenvalue weighted by Crippen LogP contribution is 2.33. The van der Waals surface area contributed by atoms with Gasteiger partial charge in [0.25, 0.3) is 5.91 Å². The van der Waals surface area contributed by atoms with E-state index in [0.29, 0.717) is 17.0 Å². The van der Waals surface area contributed by atoms with Crippen molar-refractivity contribution in [2.24, 2.45) is 0 Å². The van der Waals surface area contributed by atoms with E-state index < -0.39 is 22.7 Å². The number of anilines is 1. The fourth-order valence-corrected chi connectivity index (χ4v) is 2.66. The van der Waals surface area contributed by atoms with Crippen molar-refractivity contribution in [1.29, 1.82) is 0 Å². The normalized spacial score (nSPS) is 11.4. The van der Waals surface area contributed by atoms with Gasteiger partial charge in [0.2, 0.25) is 0 Å². The van der Waals surface area contributed by atoms with Crippen LogP contribution in [0.1, 0.15) is 15.4 Å². The van der Waals surface area contributed by atoms with Gasteiger partial charge in [-0.05, 0) is 24.5 Å². The van der Waals surface area contributed by atoms with Crippen LogP contribution in [0, 0.1) is 0 Å². The number of rotatable bonds is 3. The molecule has 0 saturated carbocycles. The molecule has 0 fully saturated rings. The van der Waals surface area contributed by atoms with E-state index in [1.807, 2.05) is 12.3 Å². The summed E-state index contributed by atoms with van der Waals surface area (Å²) in [5, 5.41) is 2.45. The van der Waals surface area contributed by atoms with Crippen LogP contribution in [0.4, 0.5) is 18.9 Å². The topological polar surface area (TPSA) is 42.0 Å². The Balaban J connectivity index is 2.22. The first kappa shape index (κ1) is 14.9. The molecule has 0 radical (unpaired) electrons. The fraction of sp³-hybridized carbons (Fsp3) is 0.167. The second-order valence-electron chi connectivity index (χ2n) is 3.71. The van der Waals surface area contributed by atoms with Gasteiger partial charge < -0.3 is 5.32 Å². The average molecular weight is 318 g/mol. The summed E-state index contributed by atoms with van der Waals surface area (Å²) < 4.78 is 38.0. The number of nitrogens with zero attached hydrogens (tertiary/aromatic N) is 1. The lowest BCUT2D eigenvalue weighted by Crippen LogP contribution is -2.17. The maximum Gasteiger partial charge on any atom is 0.434 e. The lowest BCUT2D eigenvalue weighted by atomic mass is 10.3. The van der Waals surface area contributed by atoms with Crippen LogP contribution in [0.25, 0.3) is 0 Å². The van der Waals surface area contributed by atoms with Gasteiger partial charge in [-0.15, -0.1) is 23.1 Å². The lowest BCUT2D eigenvalue weighted by Gasteiger charge is -2.08. The van der Waals surface area contributed by atoms with Crippen molar-refractivity contribution >= 4 is 34.7 Å². The number of thiazole rings is 1. The predicted molar refractivity (Wildman–Crippen MR) is 73.3 cm³/mol. The number of benzene rings is 1. The molecule has 0 atom stereocenters. The molecule has 0 saturated heterocycles. The maximum atomic E-state index is 12.7. The molecule has 8 heteroatoms. The Hall–Kier alpha value is -1.54. The number of carbonyl (C=O) groups is 1. The Bertz CT molecular complexity index is 625. The minimum absolute atomic E-state index is 0.438. The molecule has 20 heavy (non-hydrogen) atoms. The summed E-state index contributed by atoms with van der Waals surface area (Å²) in [5.74, 6) is -0.807. The monoisotopic (exact) mass is 318 g/mol. The number of alkyl halides is 3. The van der Waals surface area contributed by atoms with E-state index in [1.54, 1.807) is 18.2 Å². The Morgan fingerprint density at radius 2 is 2.15 bits per heavy atom. The molecular formula is C12H9F3N2OS2. The minimum Gasteiger partial charge on any atom is -0.321 e. The molecule has 106 valence electrons. The zero-order valence-corrected chi connectivity index (χ0v) is 11.8. The van der Waals surface area contributed by atoms with Crippen LogP contribution in [0.3, 0.4) is 0 Å². The van der Waals surface area contributed by atoms with Gasteiger partial charge in [0.1, 0.15) is 4.88 Å². The summed E-state index contributed by atoms with van der Waals surface area (Å²) in [6, 6.07) is 6.87. The number of carbonyl (C=O) groups excluding carboxylic acids is 1. The first-order chi connectivity index (χ1) is 9.41. The van der Waals surface area contributed by atoms with Crippen LogP contribution >= 0.6 is 23.1 Å². The molecule has 0 bridgehead atoms. The molecule has 0 aliphatic carbocycles. The van der Waals surface area contributed by atoms with E-state index in [2.05, 4.69) is 10.3 Å². The number of hydrogen-bond acceptors (Lipinski definition) is 4. The molecule has 0 unspecified atom stereocenters. The zero-order chi connectivity index (χ0) is 14.8. The third-order valence-electron chi connectivity index (χ3n) is 2.37. The second-order valence-corrected chi connectivity index (χ2v) is 5.45. The van der Waals surface area contributed by atoms with E-state index in [1.165, 1.54) is 11.8 Å². The summed E-state index contributed by atoms with van der Waals surface area (Å²) in [5.41, 5.74) is 0.306. The van der Waals surface area contributed by atoms with Crippen molar-refractivity contribution in [1.82, 2.24) is 4.98 Å². The van der Waals surface area contributed by atoms with Gasteiger partial charge in [-0.1, -0.05) is 6.07 Å². The second kappa shape index (κ2) is 5.84. The maximum absolute atomic E-state index is 12.7. The van der Waals surface area contributed by atoms with Crippen LogP contribution in [0.5, 0.6) is 0 Å². The van der Waals surface area contributed by atoms with Crippen molar-refractivity contribution in [3.05, 3.63) is 40.3 Å². The van der Waals surface area contributed by atoms with Gasteiger partial charge >= 0.3 is 6.18 Å². The number of thioether (sulfide) groups is 1. The van der Waals surface area contributed by atoms with Gasteiger partial charge in [0, 0.05) is 10.6 Å². The number of halogens is 3. The zero-order valence-electron chi connectivity index (χ0n) is 10.2. The summed E-state index contributed by atoms with van der Waals surface area (Å²) >= 11 is 2.14. The fourth-order valence-electron chi connectivity index (χ4n) is 1.50. The molecule has 1 amide bonds. The lowest BCUT2D eigenvalue weighted by molar-refractivity contribution is -0.141. The van der Waals surface area contributed by atoms with Gasteiger partial charge in [0.15, 0.2) is 5.69 Å². The Morgan fingerprint density at radius 1 is 1.40 bits per heavy atom. The average Bonchev–Trinajstić information content (AvgIpc) is 2.88. The molecule has 1 aromatic carbocycles. The van der Waals surface area contributed by atoms with Crippen LogP contribution < -0.4 is 5.32 Å². The number of hydrogen-bond donors (Lipinski definition) is 1. The van der Waals surface area contributed by atoms with Gasteiger partial charge in [-0.25, -0.2) is 4.98 Å². The van der Waals surface area contributed by atoms with E-state index in [0.717, 1.165) is 10.4 Å². The molecule has 3 nitrogen and oxygen atoms in total. The predicted octanol–water partition coefficient (Wildman–Crippen LogP) is 4.14. The van der Waals surface area contributed by atoms with E-state index in [9.17, 15) is 18.0 Å². The summed E-state index contributed by atoms with van der Waals surface area (Å²) in [6.07, 6.45) is -2.76. The highest BCUT2D eigenvalue weighted by molar-refractivity contribution is 7.98. The van der Waals surface area contributed by atoms with Crippen molar-refractivity contribution in [2.75, 3.05) is 11.6 Å². The molecule has 0 aliphatic rings. The van der Waals surface area contributed by atoms with Crippen molar-refractivity contribution in [3.63, 3.8) is 0 Å². The molecular weight excluding hydrogens is 309 g/mol. The minimum atomic E-state index is -4.63. The quantitative estimate of drug-likeness (QED) is 0.865.